The minimum absolute atomic E-state index is 0.290. The van der Waals surface area contributed by atoms with E-state index >= 15 is 0 Å². The quantitative estimate of drug-likeness (QED) is 0.736. The number of nitrogens with zero attached hydrogens (tertiary/aromatic N) is 1. The lowest BCUT2D eigenvalue weighted by atomic mass is 10.2. The first-order chi connectivity index (χ1) is 7.70. The van der Waals surface area contributed by atoms with E-state index in [1.54, 1.807) is 18.2 Å². The van der Waals surface area contributed by atoms with Gasteiger partial charge in [0.15, 0.2) is 0 Å². The summed E-state index contributed by atoms with van der Waals surface area (Å²) in [4.78, 5) is 4.31. The second-order valence-corrected chi connectivity index (χ2v) is 3.52. The van der Waals surface area contributed by atoms with Crippen LogP contribution in [0.2, 0.25) is 0 Å². The average Bonchev–Trinajstić information content (AvgIpc) is 2.26. The van der Waals surface area contributed by atoms with Gasteiger partial charge in [0.05, 0.1) is 5.52 Å². The highest BCUT2D eigenvalue weighted by Crippen LogP contribution is 2.26. The second kappa shape index (κ2) is 4.31. The van der Waals surface area contributed by atoms with E-state index < -0.39 is 0 Å². The molecule has 0 aliphatic rings. The lowest BCUT2D eigenvalue weighted by Crippen LogP contribution is -1.96. The molecular weight excluding hydrogens is 205 g/mol. The number of rotatable bonds is 3. The molecule has 2 aromatic rings. The van der Waals surface area contributed by atoms with Crippen LogP contribution in [0.15, 0.2) is 36.9 Å². The van der Waals surface area contributed by atoms with Crippen molar-refractivity contribution in [1.29, 1.82) is 0 Å². The highest BCUT2D eigenvalue weighted by Gasteiger charge is 2.05. The number of ether oxygens (including phenoxy) is 1. The molecule has 0 aliphatic carbocycles. The van der Waals surface area contributed by atoms with Gasteiger partial charge >= 0.3 is 0 Å². The zero-order chi connectivity index (χ0) is 11.5. The topological polar surface area (TPSA) is 22.1 Å². The smallest absolute Gasteiger partial charge is 0.131 e. The Morgan fingerprint density at radius 1 is 1.44 bits per heavy atom. The molecular formula is C13H12FNO. The van der Waals surface area contributed by atoms with Gasteiger partial charge in [0.25, 0.3) is 0 Å². The fourth-order valence-electron chi connectivity index (χ4n) is 1.56. The molecule has 0 saturated carbocycles. The Balaban J connectivity index is 2.59. The first-order valence-electron chi connectivity index (χ1n) is 5.01. The van der Waals surface area contributed by atoms with Crippen LogP contribution in [0, 0.1) is 12.7 Å². The minimum atomic E-state index is -0.290. The lowest BCUT2D eigenvalue weighted by molar-refractivity contribution is 0.367. The fourth-order valence-corrected chi connectivity index (χ4v) is 1.56. The number of benzene rings is 1. The molecule has 1 heterocycles. The predicted molar refractivity (Wildman–Crippen MR) is 62.1 cm³/mol. The molecule has 0 spiro atoms. The summed E-state index contributed by atoms with van der Waals surface area (Å²) in [6.07, 6.45) is 1.65. The summed E-state index contributed by atoms with van der Waals surface area (Å²) in [6.45, 7) is 5.86. The van der Waals surface area contributed by atoms with Gasteiger partial charge in [0.1, 0.15) is 18.2 Å². The Morgan fingerprint density at radius 3 is 3.00 bits per heavy atom. The second-order valence-electron chi connectivity index (χ2n) is 3.52. The number of hydrogen-bond donors (Lipinski definition) is 0. The van der Waals surface area contributed by atoms with E-state index in [2.05, 4.69) is 11.6 Å². The SMILES string of the molecule is C=CCOc1cc(C)nc2ccc(F)cc12. The molecule has 0 saturated heterocycles. The highest BCUT2D eigenvalue weighted by molar-refractivity contribution is 5.85. The van der Waals surface area contributed by atoms with Crippen LogP contribution in [0.3, 0.4) is 0 Å². The number of aryl methyl sites for hydroxylation is 1. The van der Waals surface area contributed by atoms with Gasteiger partial charge in [-0.25, -0.2) is 4.39 Å². The molecule has 0 unspecified atom stereocenters. The molecule has 1 aromatic carbocycles. The number of aromatic nitrogens is 1. The maximum atomic E-state index is 13.1. The Kier molecular flexibility index (Phi) is 2.86. The van der Waals surface area contributed by atoms with E-state index in [1.165, 1.54) is 12.1 Å². The summed E-state index contributed by atoms with van der Waals surface area (Å²) >= 11 is 0. The summed E-state index contributed by atoms with van der Waals surface area (Å²) in [5, 5.41) is 0.687. The van der Waals surface area contributed by atoms with Crippen LogP contribution in [0.1, 0.15) is 5.69 Å². The normalized spacial score (nSPS) is 10.4. The van der Waals surface area contributed by atoms with E-state index in [0.717, 1.165) is 11.2 Å². The van der Waals surface area contributed by atoms with Crippen LogP contribution in [-0.2, 0) is 0 Å². The molecule has 0 radical (unpaired) electrons. The van der Waals surface area contributed by atoms with Gasteiger partial charge in [-0.3, -0.25) is 4.98 Å². The zero-order valence-electron chi connectivity index (χ0n) is 9.03. The van der Waals surface area contributed by atoms with Gasteiger partial charge in [0, 0.05) is 17.1 Å². The average molecular weight is 217 g/mol. The summed E-state index contributed by atoms with van der Waals surface area (Å²) in [7, 11) is 0. The van der Waals surface area contributed by atoms with Crippen molar-refractivity contribution >= 4 is 10.9 Å². The van der Waals surface area contributed by atoms with Gasteiger partial charge in [-0.1, -0.05) is 12.7 Å². The third-order valence-corrected chi connectivity index (χ3v) is 2.22. The van der Waals surface area contributed by atoms with Crippen LogP contribution in [0.4, 0.5) is 4.39 Å². The molecule has 3 heteroatoms. The summed E-state index contributed by atoms with van der Waals surface area (Å²) in [5.74, 6) is 0.350. The van der Waals surface area contributed by atoms with Gasteiger partial charge < -0.3 is 4.74 Å². The Labute approximate surface area is 93.4 Å². The molecule has 0 fully saturated rings. The van der Waals surface area contributed by atoms with Crippen molar-refractivity contribution in [2.45, 2.75) is 6.92 Å². The Bertz CT molecular complexity index is 537. The summed E-state index contributed by atoms with van der Waals surface area (Å²) in [6, 6.07) is 6.27. The van der Waals surface area contributed by atoms with Crippen LogP contribution in [-0.4, -0.2) is 11.6 Å². The standard InChI is InChI=1S/C13H12FNO/c1-3-6-16-13-7-9(2)15-12-5-4-10(14)8-11(12)13/h3-5,7-8H,1,6H2,2H3. The molecule has 16 heavy (non-hydrogen) atoms. The van der Waals surface area contributed by atoms with Crippen molar-refractivity contribution in [3.63, 3.8) is 0 Å². The van der Waals surface area contributed by atoms with Gasteiger partial charge in [-0.05, 0) is 25.1 Å². The van der Waals surface area contributed by atoms with Gasteiger partial charge in [-0.15, -0.1) is 0 Å². The highest BCUT2D eigenvalue weighted by atomic mass is 19.1. The van der Waals surface area contributed by atoms with Crippen molar-refractivity contribution in [3.05, 3.63) is 48.4 Å². The first kappa shape index (κ1) is 10.6. The molecule has 2 nitrogen and oxygen atoms in total. The Morgan fingerprint density at radius 2 is 2.25 bits per heavy atom. The van der Waals surface area contributed by atoms with Gasteiger partial charge in [0.2, 0.25) is 0 Å². The van der Waals surface area contributed by atoms with Crippen molar-refractivity contribution in [2.24, 2.45) is 0 Å². The number of hydrogen-bond acceptors (Lipinski definition) is 2. The van der Waals surface area contributed by atoms with E-state index in [0.29, 0.717) is 17.7 Å². The van der Waals surface area contributed by atoms with Crippen molar-refractivity contribution in [2.75, 3.05) is 6.61 Å². The van der Waals surface area contributed by atoms with E-state index in [4.69, 9.17) is 4.74 Å². The van der Waals surface area contributed by atoms with Crippen LogP contribution in [0.25, 0.3) is 10.9 Å². The first-order valence-corrected chi connectivity index (χ1v) is 5.01. The van der Waals surface area contributed by atoms with Crippen LogP contribution in [0.5, 0.6) is 5.75 Å². The largest absolute Gasteiger partial charge is 0.489 e. The van der Waals surface area contributed by atoms with Crippen molar-refractivity contribution in [1.82, 2.24) is 4.98 Å². The number of pyridine rings is 1. The zero-order valence-corrected chi connectivity index (χ0v) is 9.03. The van der Waals surface area contributed by atoms with E-state index in [1.807, 2.05) is 6.92 Å². The van der Waals surface area contributed by atoms with E-state index in [9.17, 15) is 4.39 Å². The van der Waals surface area contributed by atoms with Crippen LogP contribution >= 0.6 is 0 Å². The third kappa shape index (κ3) is 2.03. The number of halogens is 1. The molecule has 0 aliphatic heterocycles. The maximum Gasteiger partial charge on any atom is 0.131 e. The number of fused-ring (bicyclic) bond motifs is 1. The third-order valence-electron chi connectivity index (χ3n) is 2.22. The molecule has 0 atom stereocenters. The van der Waals surface area contributed by atoms with Gasteiger partial charge in [-0.2, -0.15) is 0 Å². The molecule has 82 valence electrons. The fraction of sp³-hybridized carbons (Fsp3) is 0.154. The predicted octanol–water partition coefficient (Wildman–Crippen LogP) is 3.25. The maximum absolute atomic E-state index is 13.1. The summed E-state index contributed by atoms with van der Waals surface area (Å²) < 4.78 is 18.6. The molecule has 0 amide bonds. The molecule has 0 bridgehead atoms. The molecule has 0 N–H and O–H groups in total. The van der Waals surface area contributed by atoms with Crippen molar-refractivity contribution < 1.29 is 9.13 Å². The summed E-state index contributed by atoms with van der Waals surface area (Å²) in [5.41, 5.74) is 1.58. The van der Waals surface area contributed by atoms with E-state index in [-0.39, 0.29) is 5.82 Å². The minimum Gasteiger partial charge on any atom is -0.489 e. The molecule has 2 rings (SSSR count). The lowest BCUT2D eigenvalue weighted by Gasteiger charge is -2.08. The Hall–Kier alpha value is -1.90. The van der Waals surface area contributed by atoms with Crippen LogP contribution < -0.4 is 4.74 Å². The molecule has 1 aromatic heterocycles. The monoisotopic (exact) mass is 217 g/mol. The van der Waals surface area contributed by atoms with Crippen molar-refractivity contribution in [3.8, 4) is 5.75 Å².